The lowest BCUT2D eigenvalue weighted by atomic mass is 9.96. The van der Waals surface area contributed by atoms with Gasteiger partial charge >= 0.3 is 0 Å². The Balaban J connectivity index is 1.58. The molecule has 0 atom stereocenters. The first-order valence-electron chi connectivity index (χ1n) is 9.70. The molecule has 2 N–H and O–H groups in total. The van der Waals surface area contributed by atoms with E-state index in [0.717, 1.165) is 36.7 Å². The molecule has 1 aliphatic heterocycles. The predicted octanol–water partition coefficient (Wildman–Crippen LogP) is 3.20. The topological polar surface area (TPSA) is 56.7 Å². The number of rotatable bonds is 5. The highest BCUT2D eigenvalue weighted by Crippen LogP contribution is 2.22. The second-order valence-electron chi connectivity index (χ2n) is 6.99. The van der Waals surface area contributed by atoms with Crippen LogP contribution in [0.15, 0.2) is 29.3 Å². The maximum atomic E-state index is 11.8. The molecule has 0 spiro atoms. The number of nitrogens with zero attached hydrogens (tertiary/aromatic N) is 2. The molecule has 5 heteroatoms. The van der Waals surface area contributed by atoms with Gasteiger partial charge in [0.15, 0.2) is 5.96 Å². The number of carbonyl (C=O) groups excluding carboxylic acids is 1. The maximum absolute atomic E-state index is 11.8. The van der Waals surface area contributed by atoms with E-state index in [0.29, 0.717) is 19.0 Å². The summed E-state index contributed by atoms with van der Waals surface area (Å²) in [4.78, 5) is 18.4. The van der Waals surface area contributed by atoms with Crippen LogP contribution in [0.2, 0.25) is 0 Å². The summed E-state index contributed by atoms with van der Waals surface area (Å²) in [5, 5.41) is 6.92. The lowest BCUT2D eigenvalue weighted by Crippen LogP contribution is -2.44. The second kappa shape index (κ2) is 8.88. The summed E-state index contributed by atoms with van der Waals surface area (Å²) in [5.41, 5.74) is 2.17. The molecule has 25 heavy (non-hydrogen) atoms. The van der Waals surface area contributed by atoms with Crippen LogP contribution in [0.5, 0.6) is 0 Å². The Morgan fingerprint density at radius 3 is 2.56 bits per heavy atom. The highest BCUT2D eigenvalue weighted by atomic mass is 16.2. The van der Waals surface area contributed by atoms with Gasteiger partial charge in [-0.05, 0) is 43.9 Å². The van der Waals surface area contributed by atoms with E-state index in [2.05, 4.69) is 29.7 Å². The normalized spacial score (nSPS) is 19.3. The largest absolute Gasteiger partial charge is 0.357 e. The van der Waals surface area contributed by atoms with Crippen LogP contribution in [0.1, 0.15) is 57.4 Å². The molecule has 3 rings (SSSR count). The highest BCUT2D eigenvalue weighted by molar-refractivity contribution is 5.95. The summed E-state index contributed by atoms with van der Waals surface area (Å²) in [6.45, 7) is 4.46. The number of anilines is 1. The highest BCUT2D eigenvalue weighted by Gasteiger charge is 2.21. The molecule has 2 aliphatic rings. The summed E-state index contributed by atoms with van der Waals surface area (Å²) in [7, 11) is 0. The number of hydrogen-bond donors (Lipinski definition) is 2. The van der Waals surface area contributed by atoms with Crippen molar-refractivity contribution in [3.05, 3.63) is 29.8 Å². The van der Waals surface area contributed by atoms with Crippen molar-refractivity contribution in [3.63, 3.8) is 0 Å². The molecule has 136 valence electrons. The summed E-state index contributed by atoms with van der Waals surface area (Å²) in [6, 6.07) is 8.78. The molecule has 5 nitrogen and oxygen atoms in total. The van der Waals surface area contributed by atoms with Crippen molar-refractivity contribution >= 4 is 17.6 Å². The Morgan fingerprint density at radius 1 is 1.16 bits per heavy atom. The molecular formula is C20H30N4O. The number of hydrogen-bond acceptors (Lipinski definition) is 2. The summed E-state index contributed by atoms with van der Waals surface area (Å²) in [5.74, 6) is 1.14. The number of nitrogens with one attached hydrogen (secondary N) is 2. The Kier molecular flexibility index (Phi) is 6.31. The molecule has 1 saturated heterocycles. The minimum absolute atomic E-state index is 0.233. The minimum atomic E-state index is 0.233. The number of carbonyl (C=O) groups is 1. The van der Waals surface area contributed by atoms with Gasteiger partial charge in [-0.15, -0.1) is 0 Å². The Labute approximate surface area is 150 Å². The van der Waals surface area contributed by atoms with Crippen molar-refractivity contribution in [1.82, 2.24) is 10.6 Å². The summed E-state index contributed by atoms with van der Waals surface area (Å²) >= 11 is 0. The van der Waals surface area contributed by atoms with E-state index >= 15 is 0 Å². The molecule has 1 heterocycles. The van der Waals surface area contributed by atoms with Crippen molar-refractivity contribution in [1.29, 1.82) is 0 Å². The fourth-order valence-electron chi connectivity index (χ4n) is 3.63. The monoisotopic (exact) mass is 342 g/mol. The molecular weight excluding hydrogens is 312 g/mol. The first-order chi connectivity index (χ1) is 12.3. The minimum Gasteiger partial charge on any atom is -0.357 e. The van der Waals surface area contributed by atoms with Crippen LogP contribution in [0, 0.1) is 0 Å². The van der Waals surface area contributed by atoms with Gasteiger partial charge in [0.1, 0.15) is 0 Å². The zero-order valence-corrected chi connectivity index (χ0v) is 15.3. The average Bonchev–Trinajstić information content (AvgIpc) is 3.07. The van der Waals surface area contributed by atoms with E-state index in [4.69, 9.17) is 4.99 Å². The van der Waals surface area contributed by atoms with Gasteiger partial charge in [-0.25, -0.2) is 4.99 Å². The van der Waals surface area contributed by atoms with E-state index < -0.39 is 0 Å². The van der Waals surface area contributed by atoms with E-state index in [1.807, 2.05) is 17.0 Å². The molecule has 1 aromatic carbocycles. The number of aliphatic imine (C=N–C) groups is 1. The first-order valence-corrected chi connectivity index (χ1v) is 9.70. The zero-order chi connectivity index (χ0) is 17.5. The average molecular weight is 342 g/mol. The number of amides is 1. The van der Waals surface area contributed by atoms with Crippen LogP contribution in [0.4, 0.5) is 5.69 Å². The molecule has 1 amide bonds. The molecule has 1 aromatic rings. The quantitative estimate of drug-likeness (QED) is 0.638. The van der Waals surface area contributed by atoms with E-state index in [-0.39, 0.29) is 5.91 Å². The maximum Gasteiger partial charge on any atom is 0.227 e. The molecule has 0 unspecified atom stereocenters. The second-order valence-corrected chi connectivity index (χ2v) is 6.99. The number of guanidine groups is 1. The van der Waals surface area contributed by atoms with Gasteiger partial charge in [-0.3, -0.25) is 4.79 Å². The number of benzene rings is 1. The Bertz CT molecular complexity index is 590. The van der Waals surface area contributed by atoms with Gasteiger partial charge in [0, 0.05) is 31.2 Å². The van der Waals surface area contributed by atoms with Crippen molar-refractivity contribution in [2.24, 2.45) is 4.99 Å². The molecule has 1 aliphatic carbocycles. The van der Waals surface area contributed by atoms with Crippen molar-refractivity contribution < 1.29 is 4.79 Å². The lowest BCUT2D eigenvalue weighted by Gasteiger charge is -2.24. The standard InChI is InChI=1S/C20H30N4O/c1-2-21-20(23-17-7-4-3-5-8-17)22-15-16-10-12-18(13-11-16)24-14-6-9-19(24)25/h10-13,17H,2-9,14-15H2,1H3,(H2,21,22,23). The van der Waals surface area contributed by atoms with Gasteiger partial charge in [-0.1, -0.05) is 31.4 Å². The van der Waals surface area contributed by atoms with Crippen LogP contribution >= 0.6 is 0 Å². The van der Waals surface area contributed by atoms with Gasteiger partial charge in [0.05, 0.1) is 6.54 Å². The van der Waals surface area contributed by atoms with E-state index in [1.54, 1.807) is 0 Å². The molecule has 0 aromatic heterocycles. The Hall–Kier alpha value is -2.04. The van der Waals surface area contributed by atoms with Crippen LogP contribution in [-0.2, 0) is 11.3 Å². The van der Waals surface area contributed by atoms with Crippen molar-refractivity contribution in [3.8, 4) is 0 Å². The first kappa shape index (κ1) is 17.8. The van der Waals surface area contributed by atoms with Gasteiger partial charge < -0.3 is 15.5 Å². The van der Waals surface area contributed by atoms with Crippen LogP contribution in [0.3, 0.4) is 0 Å². The van der Waals surface area contributed by atoms with Crippen molar-refractivity contribution in [2.75, 3.05) is 18.0 Å². The smallest absolute Gasteiger partial charge is 0.227 e. The zero-order valence-electron chi connectivity index (χ0n) is 15.3. The van der Waals surface area contributed by atoms with Crippen LogP contribution in [-0.4, -0.2) is 31.0 Å². The summed E-state index contributed by atoms with van der Waals surface area (Å²) in [6.07, 6.45) is 8.10. The molecule has 0 bridgehead atoms. The third-order valence-corrected chi connectivity index (χ3v) is 5.03. The third kappa shape index (κ3) is 4.97. The molecule has 2 fully saturated rings. The van der Waals surface area contributed by atoms with E-state index in [9.17, 15) is 4.79 Å². The lowest BCUT2D eigenvalue weighted by molar-refractivity contribution is -0.117. The van der Waals surface area contributed by atoms with Crippen LogP contribution < -0.4 is 15.5 Å². The van der Waals surface area contributed by atoms with Gasteiger partial charge in [-0.2, -0.15) is 0 Å². The van der Waals surface area contributed by atoms with Crippen molar-refractivity contribution in [2.45, 2.75) is 64.5 Å². The molecule has 0 radical (unpaired) electrons. The van der Waals surface area contributed by atoms with Gasteiger partial charge in [0.2, 0.25) is 5.91 Å². The third-order valence-electron chi connectivity index (χ3n) is 5.03. The summed E-state index contributed by atoms with van der Waals surface area (Å²) < 4.78 is 0. The Morgan fingerprint density at radius 2 is 1.92 bits per heavy atom. The SMILES string of the molecule is CCNC(=NCc1ccc(N2CCCC2=O)cc1)NC1CCCCC1. The van der Waals surface area contributed by atoms with Crippen LogP contribution in [0.25, 0.3) is 0 Å². The van der Waals surface area contributed by atoms with Gasteiger partial charge in [0.25, 0.3) is 0 Å². The fourth-order valence-corrected chi connectivity index (χ4v) is 3.63. The predicted molar refractivity (Wildman–Crippen MR) is 103 cm³/mol. The molecule has 1 saturated carbocycles. The van der Waals surface area contributed by atoms with E-state index in [1.165, 1.54) is 32.1 Å². The fraction of sp³-hybridized carbons (Fsp3) is 0.600.